The van der Waals surface area contributed by atoms with Crippen LogP contribution in [0.1, 0.15) is 29.4 Å². The lowest BCUT2D eigenvalue weighted by Crippen LogP contribution is -2.49. The molecule has 0 aliphatic carbocycles. The minimum Gasteiger partial charge on any atom is -0.374 e. The number of imidazole rings is 1. The summed E-state index contributed by atoms with van der Waals surface area (Å²) in [5, 5.41) is 11.5. The number of anilines is 1. The van der Waals surface area contributed by atoms with Gasteiger partial charge < -0.3 is 14.6 Å². The smallest absolute Gasteiger partial charge is 0.374 e. The minimum absolute atomic E-state index is 0.442. The molecule has 7 heteroatoms. The SMILES string of the molecule is O[C@@](C[C@@H]1c2ccccc2CCN1c1ccccc1)(c1nccn1-c1ccccc1)C(F)(F)F. The first-order valence-electron chi connectivity index (χ1n) is 11.2. The standard InChI is InChI=1S/C27H24F3N3O/c28-27(29,30)26(34,25-31-16-18-33(25)22-12-5-2-6-13-22)19-24-23-14-8-7-9-20(23)15-17-32(24)21-10-3-1-4-11-21/h1-14,16,18,24,34H,15,17,19H2/t24-,26+/m1/s1. The van der Waals surface area contributed by atoms with E-state index in [2.05, 4.69) is 4.98 Å². The van der Waals surface area contributed by atoms with Crippen LogP contribution in [0.3, 0.4) is 0 Å². The summed E-state index contributed by atoms with van der Waals surface area (Å²) in [6, 6.07) is 24.9. The number of aromatic nitrogens is 2. The fourth-order valence-corrected chi connectivity index (χ4v) is 4.82. The lowest BCUT2D eigenvalue weighted by molar-refractivity contribution is -0.274. The predicted molar refractivity (Wildman–Crippen MR) is 125 cm³/mol. The quantitative estimate of drug-likeness (QED) is 0.406. The van der Waals surface area contributed by atoms with Crippen LogP contribution in [0.25, 0.3) is 5.69 Å². The van der Waals surface area contributed by atoms with Crippen molar-refractivity contribution >= 4 is 5.69 Å². The van der Waals surface area contributed by atoms with Gasteiger partial charge in [0.1, 0.15) is 0 Å². The molecule has 4 nitrogen and oxygen atoms in total. The maximum absolute atomic E-state index is 14.7. The van der Waals surface area contributed by atoms with Crippen molar-refractivity contribution in [2.45, 2.75) is 30.7 Å². The van der Waals surface area contributed by atoms with Crippen molar-refractivity contribution in [3.63, 3.8) is 0 Å². The van der Waals surface area contributed by atoms with Crippen molar-refractivity contribution in [2.24, 2.45) is 0 Å². The molecule has 1 aromatic heterocycles. The van der Waals surface area contributed by atoms with Gasteiger partial charge in [-0.25, -0.2) is 4.98 Å². The van der Waals surface area contributed by atoms with Gasteiger partial charge in [0.25, 0.3) is 0 Å². The van der Waals surface area contributed by atoms with Gasteiger partial charge >= 0.3 is 6.18 Å². The third kappa shape index (κ3) is 3.86. The van der Waals surface area contributed by atoms with E-state index >= 15 is 0 Å². The average Bonchev–Trinajstić information content (AvgIpc) is 3.35. The molecule has 1 aliphatic rings. The number of fused-ring (bicyclic) bond motifs is 1. The normalized spacial score (nSPS) is 17.8. The lowest BCUT2D eigenvalue weighted by atomic mass is 9.83. The summed E-state index contributed by atoms with van der Waals surface area (Å²) in [7, 11) is 0. The van der Waals surface area contributed by atoms with Gasteiger partial charge in [-0.15, -0.1) is 0 Å². The molecule has 3 aromatic carbocycles. The highest BCUT2D eigenvalue weighted by atomic mass is 19.4. The molecule has 0 saturated carbocycles. The Bertz CT molecular complexity index is 1260. The Labute approximate surface area is 195 Å². The topological polar surface area (TPSA) is 41.3 Å². The van der Waals surface area contributed by atoms with Gasteiger partial charge in [-0.3, -0.25) is 0 Å². The third-order valence-corrected chi connectivity index (χ3v) is 6.50. The molecule has 0 radical (unpaired) electrons. The number of alkyl halides is 3. The second-order valence-electron chi connectivity index (χ2n) is 8.51. The molecule has 0 fully saturated rings. The zero-order valence-electron chi connectivity index (χ0n) is 18.4. The Kier molecular flexibility index (Phi) is 5.65. The summed E-state index contributed by atoms with van der Waals surface area (Å²) in [4.78, 5) is 5.98. The average molecular weight is 464 g/mol. The first-order valence-corrected chi connectivity index (χ1v) is 11.2. The number of rotatable bonds is 5. The molecule has 0 unspecified atom stereocenters. The van der Waals surface area contributed by atoms with Gasteiger partial charge in [-0.1, -0.05) is 60.7 Å². The molecule has 4 aromatic rings. The largest absolute Gasteiger partial charge is 0.424 e. The van der Waals surface area contributed by atoms with E-state index in [-0.39, 0.29) is 0 Å². The Hall–Kier alpha value is -3.58. The third-order valence-electron chi connectivity index (χ3n) is 6.50. The molecule has 174 valence electrons. The first-order chi connectivity index (χ1) is 16.4. The maximum Gasteiger partial charge on any atom is 0.424 e. The second kappa shape index (κ2) is 8.65. The second-order valence-corrected chi connectivity index (χ2v) is 8.51. The molecular formula is C27H24F3N3O. The van der Waals surface area contributed by atoms with E-state index in [4.69, 9.17) is 0 Å². The number of halogens is 3. The highest BCUT2D eigenvalue weighted by Crippen LogP contribution is 2.48. The Morgan fingerprint density at radius 1 is 0.853 bits per heavy atom. The predicted octanol–water partition coefficient (Wildman–Crippen LogP) is 5.82. The molecule has 2 atom stereocenters. The number of para-hydroxylation sites is 2. The van der Waals surface area contributed by atoms with Crippen molar-refractivity contribution in [3.05, 3.63) is 114 Å². The van der Waals surface area contributed by atoms with Crippen molar-refractivity contribution in [3.8, 4) is 5.69 Å². The highest BCUT2D eigenvalue weighted by Gasteiger charge is 2.59. The lowest BCUT2D eigenvalue weighted by Gasteiger charge is -2.43. The summed E-state index contributed by atoms with van der Waals surface area (Å²) in [6.07, 6.45) is -2.08. The maximum atomic E-state index is 14.7. The summed E-state index contributed by atoms with van der Waals surface area (Å²) in [5.41, 5.74) is -0.0673. The van der Waals surface area contributed by atoms with Crippen LogP contribution in [0, 0.1) is 0 Å². The van der Waals surface area contributed by atoms with Crippen molar-refractivity contribution in [2.75, 3.05) is 11.4 Å². The fraction of sp³-hybridized carbons (Fsp3) is 0.222. The minimum atomic E-state index is -4.94. The highest BCUT2D eigenvalue weighted by molar-refractivity contribution is 5.52. The van der Waals surface area contributed by atoms with Crippen molar-refractivity contribution in [1.82, 2.24) is 9.55 Å². The van der Waals surface area contributed by atoms with Crippen LogP contribution in [0.4, 0.5) is 18.9 Å². The van der Waals surface area contributed by atoms with Gasteiger partial charge in [-0.05, 0) is 41.8 Å². The number of hydrogen-bond acceptors (Lipinski definition) is 3. The van der Waals surface area contributed by atoms with Gasteiger partial charge in [0.05, 0.1) is 6.04 Å². The van der Waals surface area contributed by atoms with E-state index in [1.54, 1.807) is 30.3 Å². The van der Waals surface area contributed by atoms with Crippen LogP contribution in [0.5, 0.6) is 0 Å². The van der Waals surface area contributed by atoms with Gasteiger partial charge in [-0.2, -0.15) is 13.2 Å². The molecule has 34 heavy (non-hydrogen) atoms. The van der Waals surface area contributed by atoms with Crippen LogP contribution in [-0.2, 0) is 12.0 Å². The number of nitrogens with zero attached hydrogens (tertiary/aromatic N) is 3. The summed E-state index contributed by atoms with van der Waals surface area (Å²) < 4.78 is 45.4. The molecule has 1 aliphatic heterocycles. The number of benzene rings is 3. The Morgan fingerprint density at radius 3 is 2.15 bits per heavy atom. The Morgan fingerprint density at radius 2 is 1.47 bits per heavy atom. The van der Waals surface area contributed by atoms with E-state index in [0.717, 1.165) is 16.8 Å². The van der Waals surface area contributed by atoms with Crippen molar-refractivity contribution < 1.29 is 18.3 Å². The Balaban J connectivity index is 1.64. The molecule has 0 saturated heterocycles. The first kappa shape index (κ1) is 22.2. The van der Waals surface area contributed by atoms with E-state index in [9.17, 15) is 18.3 Å². The van der Waals surface area contributed by atoms with E-state index in [1.165, 1.54) is 17.0 Å². The molecule has 0 amide bonds. The van der Waals surface area contributed by atoms with Gasteiger partial charge in [0, 0.05) is 36.7 Å². The van der Waals surface area contributed by atoms with Crippen LogP contribution in [0.15, 0.2) is 97.3 Å². The van der Waals surface area contributed by atoms with E-state index < -0.39 is 30.1 Å². The molecule has 0 bridgehead atoms. The van der Waals surface area contributed by atoms with E-state index in [1.807, 2.05) is 59.5 Å². The van der Waals surface area contributed by atoms with Crippen molar-refractivity contribution in [1.29, 1.82) is 0 Å². The molecule has 5 rings (SSSR count). The summed E-state index contributed by atoms with van der Waals surface area (Å²) >= 11 is 0. The number of aliphatic hydroxyl groups is 1. The van der Waals surface area contributed by atoms with Gasteiger partial charge in [0.2, 0.25) is 5.60 Å². The molecule has 1 N–H and O–H groups in total. The fourth-order valence-electron chi connectivity index (χ4n) is 4.82. The van der Waals surface area contributed by atoms with Crippen LogP contribution in [-0.4, -0.2) is 27.4 Å². The molecule has 0 spiro atoms. The van der Waals surface area contributed by atoms with Crippen LogP contribution < -0.4 is 4.90 Å². The molecule has 2 heterocycles. The van der Waals surface area contributed by atoms with Gasteiger partial charge in [0.15, 0.2) is 5.82 Å². The summed E-state index contributed by atoms with van der Waals surface area (Å²) in [5.74, 6) is -0.442. The zero-order valence-corrected chi connectivity index (χ0v) is 18.4. The number of hydrogen-bond donors (Lipinski definition) is 1. The summed E-state index contributed by atoms with van der Waals surface area (Å²) in [6.45, 7) is 0.548. The monoisotopic (exact) mass is 463 g/mol. The van der Waals surface area contributed by atoms with Crippen LogP contribution >= 0.6 is 0 Å². The van der Waals surface area contributed by atoms with Crippen LogP contribution in [0.2, 0.25) is 0 Å². The molecular weight excluding hydrogens is 439 g/mol. The zero-order chi connectivity index (χ0) is 23.8. The van der Waals surface area contributed by atoms with E-state index in [0.29, 0.717) is 18.7 Å².